The number of carboxylic acids is 1. The lowest BCUT2D eigenvalue weighted by molar-refractivity contribution is -0.137. The first-order valence-electron chi connectivity index (χ1n) is 5.25. The Morgan fingerprint density at radius 1 is 1.50 bits per heavy atom. The normalized spacial score (nSPS) is 10.3. The summed E-state index contributed by atoms with van der Waals surface area (Å²) in [6.45, 7) is 0.180. The van der Waals surface area contributed by atoms with Gasteiger partial charge in [-0.25, -0.2) is 0 Å². The minimum atomic E-state index is -0.945. The molecule has 6 heteroatoms. The summed E-state index contributed by atoms with van der Waals surface area (Å²) in [6, 6.07) is 7.33. The second-order valence-electron chi connectivity index (χ2n) is 3.69. The van der Waals surface area contributed by atoms with E-state index in [9.17, 15) is 4.79 Å². The van der Waals surface area contributed by atoms with E-state index in [1.54, 1.807) is 12.3 Å². The van der Waals surface area contributed by atoms with E-state index in [0.717, 1.165) is 5.56 Å². The SMILES string of the molecule is O=C(O)Cn1cc(OCc2cccc(Cl)c2)cn1. The third-order valence-corrected chi connectivity index (χ3v) is 2.44. The third kappa shape index (κ3) is 3.49. The van der Waals surface area contributed by atoms with E-state index < -0.39 is 5.97 Å². The molecular formula is C12H11ClN2O3. The number of halogens is 1. The highest BCUT2D eigenvalue weighted by Crippen LogP contribution is 2.14. The van der Waals surface area contributed by atoms with Crippen molar-refractivity contribution in [1.29, 1.82) is 0 Å². The van der Waals surface area contributed by atoms with Crippen molar-refractivity contribution >= 4 is 17.6 Å². The van der Waals surface area contributed by atoms with Crippen LogP contribution in [0.4, 0.5) is 0 Å². The van der Waals surface area contributed by atoms with Crippen molar-refractivity contribution in [2.45, 2.75) is 13.2 Å². The van der Waals surface area contributed by atoms with Crippen molar-refractivity contribution in [2.75, 3.05) is 0 Å². The van der Waals surface area contributed by atoms with Crippen LogP contribution < -0.4 is 4.74 Å². The van der Waals surface area contributed by atoms with Gasteiger partial charge in [0.2, 0.25) is 0 Å². The molecule has 0 spiro atoms. The van der Waals surface area contributed by atoms with Gasteiger partial charge in [0.15, 0.2) is 5.75 Å². The van der Waals surface area contributed by atoms with Gasteiger partial charge in [-0.2, -0.15) is 5.10 Å². The molecule has 0 aliphatic heterocycles. The van der Waals surface area contributed by atoms with Crippen LogP contribution >= 0.6 is 11.6 Å². The van der Waals surface area contributed by atoms with E-state index in [2.05, 4.69) is 5.10 Å². The van der Waals surface area contributed by atoms with Crippen molar-refractivity contribution in [2.24, 2.45) is 0 Å². The molecule has 0 aliphatic rings. The van der Waals surface area contributed by atoms with E-state index in [1.165, 1.54) is 10.9 Å². The largest absolute Gasteiger partial charge is 0.486 e. The zero-order valence-corrected chi connectivity index (χ0v) is 10.2. The molecule has 0 fully saturated rings. The molecule has 0 aliphatic carbocycles. The number of carbonyl (C=O) groups is 1. The molecule has 0 radical (unpaired) electrons. The van der Waals surface area contributed by atoms with Gasteiger partial charge in [-0.1, -0.05) is 23.7 Å². The Kier molecular flexibility index (Phi) is 3.84. The number of aromatic nitrogens is 2. The highest BCUT2D eigenvalue weighted by atomic mass is 35.5. The first kappa shape index (κ1) is 12.4. The number of benzene rings is 1. The summed E-state index contributed by atoms with van der Waals surface area (Å²) < 4.78 is 6.78. The fraction of sp³-hybridized carbons (Fsp3) is 0.167. The van der Waals surface area contributed by atoms with Crippen molar-refractivity contribution in [1.82, 2.24) is 9.78 Å². The lowest BCUT2D eigenvalue weighted by atomic mass is 10.2. The minimum absolute atomic E-state index is 0.180. The van der Waals surface area contributed by atoms with E-state index in [0.29, 0.717) is 17.4 Å². The van der Waals surface area contributed by atoms with Crippen molar-refractivity contribution in [3.05, 3.63) is 47.2 Å². The molecule has 0 bridgehead atoms. The van der Waals surface area contributed by atoms with Crippen LogP contribution in [-0.2, 0) is 17.9 Å². The number of hydrogen-bond donors (Lipinski definition) is 1. The van der Waals surface area contributed by atoms with Crippen LogP contribution in [-0.4, -0.2) is 20.9 Å². The molecule has 5 nitrogen and oxygen atoms in total. The Bertz CT molecular complexity index is 554. The molecule has 1 aromatic carbocycles. The molecule has 2 aromatic rings. The predicted octanol–water partition coefficient (Wildman–Crippen LogP) is 2.20. The maximum atomic E-state index is 10.5. The van der Waals surface area contributed by atoms with Crippen molar-refractivity contribution < 1.29 is 14.6 Å². The summed E-state index contributed by atoms with van der Waals surface area (Å²) in [5.41, 5.74) is 0.938. The number of hydrogen-bond acceptors (Lipinski definition) is 3. The van der Waals surface area contributed by atoms with Crippen LogP contribution in [0.5, 0.6) is 5.75 Å². The zero-order valence-electron chi connectivity index (χ0n) is 9.41. The second kappa shape index (κ2) is 5.55. The maximum absolute atomic E-state index is 10.5. The standard InChI is InChI=1S/C12H11ClN2O3/c13-10-3-1-2-9(4-10)8-18-11-5-14-15(6-11)7-12(16)17/h1-6H,7-8H2,(H,16,17). The van der Waals surface area contributed by atoms with Crippen LogP contribution in [0.3, 0.4) is 0 Å². The molecule has 0 saturated carbocycles. The lowest BCUT2D eigenvalue weighted by Gasteiger charge is -2.03. The number of aliphatic carboxylic acids is 1. The average Bonchev–Trinajstić information content (AvgIpc) is 2.73. The maximum Gasteiger partial charge on any atom is 0.325 e. The van der Waals surface area contributed by atoms with E-state index in [-0.39, 0.29) is 6.54 Å². The smallest absolute Gasteiger partial charge is 0.325 e. The molecule has 2 rings (SSSR count). The summed E-state index contributed by atoms with van der Waals surface area (Å²) in [6.07, 6.45) is 3.02. The summed E-state index contributed by atoms with van der Waals surface area (Å²) >= 11 is 5.85. The van der Waals surface area contributed by atoms with Crippen LogP contribution in [0.2, 0.25) is 5.02 Å². The van der Waals surface area contributed by atoms with E-state index in [1.807, 2.05) is 18.2 Å². The highest BCUT2D eigenvalue weighted by molar-refractivity contribution is 6.30. The molecule has 0 amide bonds. The van der Waals surface area contributed by atoms with Gasteiger partial charge < -0.3 is 9.84 Å². The molecule has 0 atom stereocenters. The molecular weight excluding hydrogens is 256 g/mol. The summed E-state index contributed by atoms with van der Waals surface area (Å²) in [5.74, 6) is -0.421. The number of carboxylic acid groups (broad SMARTS) is 1. The highest BCUT2D eigenvalue weighted by Gasteiger charge is 2.03. The fourth-order valence-corrected chi connectivity index (χ4v) is 1.65. The Morgan fingerprint density at radius 2 is 2.33 bits per heavy atom. The average molecular weight is 267 g/mol. The molecule has 0 unspecified atom stereocenters. The fourth-order valence-electron chi connectivity index (χ4n) is 1.44. The van der Waals surface area contributed by atoms with Crippen LogP contribution in [0, 0.1) is 0 Å². The molecule has 1 heterocycles. The van der Waals surface area contributed by atoms with Crippen LogP contribution in [0.25, 0.3) is 0 Å². The number of nitrogens with zero attached hydrogens (tertiary/aromatic N) is 2. The molecule has 94 valence electrons. The first-order valence-corrected chi connectivity index (χ1v) is 5.63. The van der Waals surface area contributed by atoms with Gasteiger partial charge >= 0.3 is 5.97 Å². The zero-order chi connectivity index (χ0) is 13.0. The molecule has 1 N–H and O–H groups in total. The van der Waals surface area contributed by atoms with Gasteiger partial charge in [-0.05, 0) is 17.7 Å². The van der Waals surface area contributed by atoms with Gasteiger partial charge in [0.1, 0.15) is 13.2 Å². The predicted molar refractivity (Wildman–Crippen MR) is 65.6 cm³/mol. The number of rotatable bonds is 5. The Hall–Kier alpha value is -2.01. The van der Waals surface area contributed by atoms with Crippen LogP contribution in [0.1, 0.15) is 5.56 Å². The summed E-state index contributed by atoms with van der Waals surface area (Å²) in [5, 5.41) is 13.1. The van der Waals surface area contributed by atoms with Crippen LogP contribution in [0.15, 0.2) is 36.7 Å². The van der Waals surface area contributed by atoms with Gasteiger partial charge in [0.05, 0.1) is 12.4 Å². The molecule has 0 saturated heterocycles. The monoisotopic (exact) mass is 266 g/mol. The van der Waals surface area contributed by atoms with Crippen molar-refractivity contribution in [3.8, 4) is 5.75 Å². The quantitative estimate of drug-likeness (QED) is 0.901. The first-order chi connectivity index (χ1) is 8.63. The summed E-state index contributed by atoms with van der Waals surface area (Å²) in [4.78, 5) is 10.5. The van der Waals surface area contributed by atoms with Crippen molar-refractivity contribution in [3.63, 3.8) is 0 Å². The second-order valence-corrected chi connectivity index (χ2v) is 4.12. The third-order valence-electron chi connectivity index (χ3n) is 2.20. The van der Waals surface area contributed by atoms with E-state index in [4.69, 9.17) is 21.4 Å². The van der Waals surface area contributed by atoms with Gasteiger partial charge in [0.25, 0.3) is 0 Å². The summed E-state index contributed by atoms with van der Waals surface area (Å²) in [7, 11) is 0. The molecule has 18 heavy (non-hydrogen) atoms. The Balaban J connectivity index is 1.94. The Morgan fingerprint density at radius 3 is 3.06 bits per heavy atom. The molecule has 1 aromatic heterocycles. The topological polar surface area (TPSA) is 64.3 Å². The Labute approximate surface area is 109 Å². The minimum Gasteiger partial charge on any atom is -0.486 e. The van der Waals surface area contributed by atoms with Gasteiger partial charge in [-0.3, -0.25) is 9.48 Å². The van der Waals surface area contributed by atoms with Gasteiger partial charge in [-0.15, -0.1) is 0 Å². The van der Waals surface area contributed by atoms with E-state index >= 15 is 0 Å². The van der Waals surface area contributed by atoms with Gasteiger partial charge in [0, 0.05) is 5.02 Å². The number of ether oxygens (including phenoxy) is 1. The lowest BCUT2D eigenvalue weighted by Crippen LogP contribution is -2.08.